The van der Waals surface area contributed by atoms with Crippen LogP contribution in [-0.2, 0) is 16.8 Å². The smallest absolute Gasteiger partial charge is 0.236 e. The molecule has 4 rings (SSSR count). The van der Waals surface area contributed by atoms with Crippen LogP contribution in [-0.4, -0.2) is 31.4 Å². The summed E-state index contributed by atoms with van der Waals surface area (Å²) >= 11 is 2.81. The van der Waals surface area contributed by atoms with Gasteiger partial charge < -0.3 is 9.88 Å². The zero-order valence-electron chi connectivity index (χ0n) is 20.1. The number of hydrogen-bond donors (Lipinski definition) is 1. The third kappa shape index (κ3) is 5.56. The van der Waals surface area contributed by atoms with E-state index in [9.17, 15) is 4.79 Å². The summed E-state index contributed by atoms with van der Waals surface area (Å²) in [4.78, 5) is 17.1. The highest BCUT2D eigenvalue weighted by Crippen LogP contribution is 2.28. The van der Waals surface area contributed by atoms with Gasteiger partial charge in [0.25, 0.3) is 0 Å². The summed E-state index contributed by atoms with van der Waals surface area (Å²) in [6.07, 6.45) is 0. The third-order valence-electron chi connectivity index (χ3n) is 5.47. The monoisotopic (exact) mass is 491 g/mol. The highest BCUT2D eigenvalue weighted by Gasteiger charge is 2.17. The van der Waals surface area contributed by atoms with Crippen molar-refractivity contribution in [1.82, 2.24) is 19.7 Å². The molecule has 34 heavy (non-hydrogen) atoms. The van der Waals surface area contributed by atoms with Crippen LogP contribution in [0.15, 0.2) is 59.1 Å². The van der Waals surface area contributed by atoms with Gasteiger partial charge in [0.05, 0.1) is 11.4 Å². The molecular weight excluding hydrogens is 462 g/mol. The predicted octanol–water partition coefficient (Wildman–Crippen LogP) is 6.43. The van der Waals surface area contributed by atoms with Crippen molar-refractivity contribution in [2.75, 3.05) is 11.1 Å². The Morgan fingerprint density at radius 1 is 1.03 bits per heavy atom. The van der Waals surface area contributed by atoms with Crippen molar-refractivity contribution >= 4 is 34.1 Å². The first-order chi connectivity index (χ1) is 16.2. The molecule has 0 saturated carbocycles. The Kier molecular flexibility index (Phi) is 7.19. The molecule has 0 aliphatic carbocycles. The number of aromatic nitrogens is 4. The van der Waals surface area contributed by atoms with Gasteiger partial charge in [0.15, 0.2) is 16.1 Å². The molecule has 0 bridgehead atoms. The van der Waals surface area contributed by atoms with Crippen molar-refractivity contribution < 1.29 is 4.79 Å². The second-order valence-electron chi connectivity index (χ2n) is 9.12. The molecule has 0 aliphatic heterocycles. The lowest BCUT2D eigenvalue weighted by molar-refractivity contribution is -0.113. The van der Waals surface area contributed by atoms with Gasteiger partial charge in [-0.1, -0.05) is 86.6 Å². The summed E-state index contributed by atoms with van der Waals surface area (Å²) in [6.45, 7) is 11.4. The number of carbonyl (C=O) groups excluding carboxylic acids is 1. The Labute approximate surface area is 208 Å². The molecule has 1 amide bonds. The van der Waals surface area contributed by atoms with E-state index in [4.69, 9.17) is 0 Å². The van der Waals surface area contributed by atoms with E-state index in [-0.39, 0.29) is 17.1 Å². The maximum atomic E-state index is 12.6. The van der Waals surface area contributed by atoms with Crippen LogP contribution >= 0.6 is 23.1 Å². The molecule has 4 aromatic rings. The van der Waals surface area contributed by atoms with Crippen molar-refractivity contribution in [3.05, 3.63) is 65.0 Å². The molecule has 1 N–H and O–H groups in total. The standard InChI is InChI=1S/C26H29N5OS2/c1-6-31-23(19-11-13-20(14-12-19)26(3,4)5)29-30-25(31)34-16-22(32)28-24-27-21(15-33-24)18-9-7-17(2)8-10-18/h7-15H,6,16H2,1-5H3,(H,27,28,32). The van der Waals surface area contributed by atoms with Gasteiger partial charge >= 0.3 is 0 Å². The molecule has 2 aromatic carbocycles. The molecule has 0 saturated heterocycles. The van der Waals surface area contributed by atoms with E-state index in [1.165, 1.54) is 34.2 Å². The summed E-state index contributed by atoms with van der Waals surface area (Å²) in [6, 6.07) is 16.7. The van der Waals surface area contributed by atoms with Gasteiger partial charge in [0.1, 0.15) is 0 Å². The van der Waals surface area contributed by atoms with E-state index >= 15 is 0 Å². The fourth-order valence-electron chi connectivity index (χ4n) is 3.49. The van der Waals surface area contributed by atoms with Gasteiger partial charge in [-0.3, -0.25) is 4.79 Å². The number of aryl methyl sites for hydroxylation is 1. The lowest BCUT2D eigenvalue weighted by Crippen LogP contribution is -2.14. The molecule has 6 nitrogen and oxygen atoms in total. The molecule has 0 atom stereocenters. The zero-order chi connectivity index (χ0) is 24.3. The topological polar surface area (TPSA) is 72.7 Å². The molecule has 176 valence electrons. The minimum Gasteiger partial charge on any atom is -0.302 e. The van der Waals surface area contributed by atoms with Crippen LogP contribution in [0.3, 0.4) is 0 Å². The summed E-state index contributed by atoms with van der Waals surface area (Å²) < 4.78 is 2.04. The van der Waals surface area contributed by atoms with Crippen LogP contribution in [0.4, 0.5) is 5.13 Å². The molecule has 0 aliphatic rings. The van der Waals surface area contributed by atoms with Crippen LogP contribution in [0, 0.1) is 6.92 Å². The number of nitrogens with zero attached hydrogens (tertiary/aromatic N) is 4. The molecule has 2 aromatic heterocycles. The van der Waals surface area contributed by atoms with Gasteiger partial charge in [0.2, 0.25) is 5.91 Å². The van der Waals surface area contributed by atoms with Gasteiger partial charge in [-0.05, 0) is 24.8 Å². The average molecular weight is 492 g/mol. The molecule has 0 fully saturated rings. The SMILES string of the molecule is CCn1c(SCC(=O)Nc2nc(-c3ccc(C)cc3)cs2)nnc1-c1ccc(C(C)(C)C)cc1. The fourth-order valence-corrected chi connectivity index (χ4v) is 5.03. The Balaban J connectivity index is 1.40. The number of carbonyl (C=O) groups is 1. The lowest BCUT2D eigenvalue weighted by atomic mass is 9.87. The van der Waals surface area contributed by atoms with Gasteiger partial charge in [0, 0.05) is 23.1 Å². The second kappa shape index (κ2) is 10.1. The second-order valence-corrected chi connectivity index (χ2v) is 10.9. The minimum atomic E-state index is -0.114. The van der Waals surface area contributed by atoms with Crippen LogP contribution < -0.4 is 5.32 Å². The highest BCUT2D eigenvalue weighted by atomic mass is 32.2. The molecule has 2 heterocycles. The van der Waals surface area contributed by atoms with Crippen molar-refractivity contribution in [3.63, 3.8) is 0 Å². The Bertz CT molecular complexity index is 1270. The maximum Gasteiger partial charge on any atom is 0.236 e. The predicted molar refractivity (Wildman–Crippen MR) is 141 cm³/mol. The van der Waals surface area contributed by atoms with Gasteiger partial charge in [-0.2, -0.15) is 0 Å². The molecule has 0 spiro atoms. The summed E-state index contributed by atoms with van der Waals surface area (Å²) in [7, 11) is 0. The number of anilines is 1. The fraction of sp³-hybridized carbons (Fsp3) is 0.308. The maximum absolute atomic E-state index is 12.6. The number of hydrogen-bond acceptors (Lipinski definition) is 6. The quantitative estimate of drug-likeness (QED) is 0.302. The van der Waals surface area contributed by atoms with Crippen LogP contribution in [0.2, 0.25) is 0 Å². The summed E-state index contributed by atoms with van der Waals surface area (Å²) in [5, 5.41) is 14.9. The molecule has 8 heteroatoms. The van der Waals surface area contributed by atoms with Gasteiger partial charge in [-0.15, -0.1) is 21.5 Å². The minimum absolute atomic E-state index is 0.101. The number of thiazole rings is 1. The van der Waals surface area contributed by atoms with Crippen LogP contribution in [0.1, 0.15) is 38.8 Å². The van der Waals surface area contributed by atoms with E-state index in [0.717, 1.165) is 34.3 Å². The Morgan fingerprint density at radius 2 is 1.71 bits per heavy atom. The van der Waals surface area contributed by atoms with E-state index in [0.29, 0.717) is 5.13 Å². The number of amides is 1. The van der Waals surface area contributed by atoms with Gasteiger partial charge in [-0.25, -0.2) is 4.98 Å². The van der Waals surface area contributed by atoms with Crippen molar-refractivity contribution in [2.24, 2.45) is 0 Å². The molecular formula is C26H29N5OS2. The normalized spacial score (nSPS) is 11.6. The zero-order valence-corrected chi connectivity index (χ0v) is 21.8. The number of benzene rings is 2. The first kappa shape index (κ1) is 24.2. The summed E-state index contributed by atoms with van der Waals surface area (Å²) in [5.74, 6) is 0.936. The molecule has 0 radical (unpaired) electrons. The summed E-state index contributed by atoms with van der Waals surface area (Å²) in [5.41, 5.74) is 5.50. The van der Waals surface area contributed by atoms with E-state index in [1.807, 2.05) is 22.1 Å². The molecule has 0 unspecified atom stereocenters. The first-order valence-corrected chi connectivity index (χ1v) is 13.1. The van der Waals surface area contributed by atoms with Crippen molar-refractivity contribution in [2.45, 2.75) is 51.7 Å². The van der Waals surface area contributed by atoms with Crippen molar-refractivity contribution in [3.8, 4) is 22.6 Å². The lowest BCUT2D eigenvalue weighted by Gasteiger charge is -2.19. The van der Waals surface area contributed by atoms with E-state index in [1.54, 1.807) is 0 Å². The average Bonchev–Trinajstić information content (AvgIpc) is 3.44. The van der Waals surface area contributed by atoms with E-state index in [2.05, 4.69) is 91.5 Å². The first-order valence-electron chi connectivity index (χ1n) is 11.2. The Hall–Kier alpha value is -2.97. The third-order valence-corrected chi connectivity index (χ3v) is 7.20. The number of nitrogens with one attached hydrogen (secondary N) is 1. The highest BCUT2D eigenvalue weighted by molar-refractivity contribution is 7.99. The van der Waals surface area contributed by atoms with Crippen LogP contribution in [0.25, 0.3) is 22.6 Å². The largest absolute Gasteiger partial charge is 0.302 e. The number of thioether (sulfide) groups is 1. The van der Waals surface area contributed by atoms with Crippen LogP contribution in [0.5, 0.6) is 0 Å². The Morgan fingerprint density at radius 3 is 2.35 bits per heavy atom. The number of rotatable bonds is 7. The van der Waals surface area contributed by atoms with Crippen molar-refractivity contribution in [1.29, 1.82) is 0 Å². The van der Waals surface area contributed by atoms with E-state index < -0.39 is 0 Å².